The lowest BCUT2D eigenvalue weighted by molar-refractivity contribution is 0.356. The summed E-state index contributed by atoms with van der Waals surface area (Å²) in [5.41, 5.74) is 6.58. The third-order valence-electron chi connectivity index (χ3n) is 6.77. The fraction of sp³-hybridized carbons (Fsp3) is 0.156. The van der Waals surface area contributed by atoms with Gasteiger partial charge in [0.25, 0.3) is 10.0 Å². The van der Waals surface area contributed by atoms with Gasteiger partial charge in [-0.2, -0.15) is 0 Å². The molecule has 0 spiro atoms. The minimum atomic E-state index is -3.74. The van der Waals surface area contributed by atoms with Crippen LogP contribution in [0.3, 0.4) is 0 Å². The van der Waals surface area contributed by atoms with Crippen LogP contribution in [0.15, 0.2) is 102 Å². The summed E-state index contributed by atoms with van der Waals surface area (Å²) in [5, 5.41) is 0.981. The van der Waals surface area contributed by atoms with Crippen LogP contribution in [0.2, 0.25) is 0 Å². The van der Waals surface area contributed by atoms with Crippen LogP contribution in [0.5, 0.6) is 11.5 Å². The number of anilines is 1. The van der Waals surface area contributed by atoms with E-state index in [9.17, 15) is 8.42 Å². The summed E-state index contributed by atoms with van der Waals surface area (Å²) in [6, 6.07) is 28.5. The van der Waals surface area contributed by atoms with E-state index in [2.05, 4.69) is 9.71 Å². The number of hydrogen-bond donors (Lipinski definition) is 1. The highest BCUT2D eigenvalue weighted by Crippen LogP contribution is 2.33. The van der Waals surface area contributed by atoms with Gasteiger partial charge in [0.1, 0.15) is 0 Å². The van der Waals surface area contributed by atoms with Crippen LogP contribution in [0.1, 0.15) is 27.8 Å². The second-order valence-corrected chi connectivity index (χ2v) is 11.1. The predicted molar refractivity (Wildman–Crippen MR) is 155 cm³/mol. The molecule has 0 aliphatic heterocycles. The summed E-state index contributed by atoms with van der Waals surface area (Å²) in [6.07, 6.45) is 3.11. The van der Waals surface area contributed by atoms with Gasteiger partial charge < -0.3 is 9.47 Å². The number of fused-ring (bicyclic) bond motifs is 1. The van der Waals surface area contributed by atoms with E-state index in [0.717, 1.165) is 38.7 Å². The zero-order chi connectivity index (χ0) is 27.4. The van der Waals surface area contributed by atoms with Crippen molar-refractivity contribution in [3.8, 4) is 11.5 Å². The lowest BCUT2D eigenvalue weighted by atomic mass is 9.97. The molecule has 0 saturated heterocycles. The molecule has 0 fully saturated rings. The number of methoxy groups -OCH3 is 2. The standard InChI is InChI=1S/C32H30N2O4S/c1-22-16-27(34-39(35,36)28-11-7-10-24(18-28)17-23-8-5-4-6-9-23)13-12-25(22)19-26-14-15-33-30-21-32(38-3)31(37-2)20-29(26)30/h4-16,18,20-21,34H,17,19H2,1-3H3. The molecule has 1 N–H and O–H groups in total. The van der Waals surface area contributed by atoms with Gasteiger partial charge in [-0.15, -0.1) is 0 Å². The molecule has 5 rings (SSSR count). The van der Waals surface area contributed by atoms with Crippen LogP contribution in [-0.4, -0.2) is 27.6 Å². The minimum Gasteiger partial charge on any atom is -0.493 e. The van der Waals surface area contributed by atoms with E-state index in [1.54, 1.807) is 44.7 Å². The molecule has 7 heteroatoms. The maximum absolute atomic E-state index is 13.2. The van der Waals surface area contributed by atoms with Crippen molar-refractivity contribution in [2.75, 3.05) is 18.9 Å². The van der Waals surface area contributed by atoms with Gasteiger partial charge in [0.05, 0.1) is 24.6 Å². The molecule has 1 heterocycles. The van der Waals surface area contributed by atoms with Gasteiger partial charge >= 0.3 is 0 Å². The Morgan fingerprint density at radius 1 is 0.744 bits per heavy atom. The maximum atomic E-state index is 13.2. The van der Waals surface area contributed by atoms with Gasteiger partial charge in [0.2, 0.25) is 0 Å². The van der Waals surface area contributed by atoms with Crippen LogP contribution in [0.25, 0.3) is 10.9 Å². The molecule has 0 amide bonds. The highest BCUT2D eigenvalue weighted by molar-refractivity contribution is 7.92. The van der Waals surface area contributed by atoms with Crippen molar-refractivity contribution in [1.29, 1.82) is 0 Å². The molecule has 5 aromatic rings. The number of nitrogens with one attached hydrogen (secondary N) is 1. The Morgan fingerprint density at radius 2 is 1.49 bits per heavy atom. The Kier molecular flexibility index (Phi) is 7.52. The normalized spacial score (nSPS) is 11.4. The average molecular weight is 539 g/mol. The van der Waals surface area contributed by atoms with Crippen molar-refractivity contribution in [1.82, 2.24) is 4.98 Å². The minimum absolute atomic E-state index is 0.241. The number of benzene rings is 4. The fourth-order valence-corrected chi connectivity index (χ4v) is 5.83. The van der Waals surface area contributed by atoms with Gasteiger partial charge in [-0.1, -0.05) is 48.5 Å². The molecule has 0 saturated carbocycles. The summed E-state index contributed by atoms with van der Waals surface area (Å²) < 4.78 is 40.1. The van der Waals surface area contributed by atoms with Crippen molar-refractivity contribution in [2.24, 2.45) is 0 Å². The lowest BCUT2D eigenvalue weighted by Gasteiger charge is -2.14. The monoisotopic (exact) mass is 538 g/mol. The molecule has 4 aromatic carbocycles. The molecule has 198 valence electrons. The second-order valence-electron chi connectivity index (χ2n) is 9.43. The molecule has 0 atom stereocenters. The second kappa shape index (κ2) is 11.2. The number of sulfonamides is 1. The van der Waals surface area contributed by atoms with Crippen LogP contribution < -0.4 is 14.2 Å². The predicted octanol–water partition coefficient (Wildman–Crippen LogP) is 6.54. The fourth-order valence-electron chi connectivity index (χ4n) is 4.71. The number of aryl methyl sites for hydroxylation is 1. The first kappa shape index (κ1) is 26.3. The molecule has 0 aliphatic rings. The smallest absolute Gasteiger partial charge is 0.261 e. The number of rotatable bonds is 9. The Morgan fingerprint density at radius 3 is 2.23 bits per heavy atom. The Labute approximate surface area is 229 Å². The molecule has 6 nitrogen and oxygen atoms in total. The van der Waals surface area contributed by atoms with Crippen LogP contribution >= 0.6 is 0 Å². The average Bonchev–Trinajstić information content (AvgIpc) is 2.94. The summed E-state index contributed by atoms with van der Waals surface area (Å²) in [6.45, 7) is 1.99. The van der Waals surface area contributed by atoms with Crippen LogP contribution in [-0.2, 0) is 22.9 Å². The van der Waals surface area contributed by atoms with Crippen LogP contribution in [0, 0.1) is 6.92 Å². The molecular formula is C32H30N2O4S. The molecular weight excluding hydrogens is 508 g/mol. The van der Waals surface area contributed by atoms with Gasteiger partial charge in [-0.3, -0.25) is 9.71 Å². The van der Waals surface area contributed by atoms with Crippen molar-refractivity contribution < 1.29 is 17.9 Å². The first-order chi connectivity index (χ1) is 18.9. The lowest BCUT2D eigenvalue weighted by Crippen LogP contribution is -2.13. The number of nitrogens with zero attached hydrogens (tertiary/aromatic N) is 1. The third kappa shape index (κ3) is 5.89. The number of ether oxygens (including phenoxy) is 2. The largest absolute Gasteiger partial charge is 0.493 e. The Balaban J connectivity index is 1.36. The number of hydrogen-bond acceptors (Lipinski definition) is 5. The van der Waals surface area contributed by atoms with Gasteiger partial charge in [0.15, 0.2) is 11.5 Å². The van der Waals surface area contributed by atoms with Gasteiger partial charge in [-0.25, -0.2) is 8.42 Å². The maximum Gasteiger partial charge on any atom is 0.261 e. The summed E-state index contributed by atoms with van der Waals surface area (Å²) in [7, 11) is -0.524. The van der Waals surface area contributed by atoms with Gasteiger partial charge in [-0.05, 0) is 84.0 Å². The Hall–Kier alpha value is -4.36. The summed E-state index contributed by atoms with van der Waals surface area (Å²) >= 11 is 0. The van der Waals surface area contributed by atoms with E-state index in [4.69, 9.17) is 9.47 Å². The highest BCUT2D eigenvalue weighted by Gasteiger charge is 2.16. The summed E-state index contributed by atoms with van der Waals surface area (Å²) in [5.74, 6) is 1.28. The van der Waals surface area contributed by atoms with Crippen molar-refractivity contribution in [2.45, 2.75) is 24.7 Å². The van der Waals surface area contributed by atoms with E-state index >= 15 is 0 Å². The highest BCUT2D eigenvalue weighted by atomic mass is 32.2. The van der Waals surface area contributed by atoms with E-state index in [-0.39, 0.29) is 4.90 Å². The number of pyridine rings is 1. The first-order valence-corrected chi connectivity index (χ1v) is 14.1. The molecule has 0 unspecified atom stereocenters. The topological polar surface area (TPSA) is 77.5 Å². The van der Waals surface area contributed by atoms with Crippen molar-refractivity contribution in [3.05, 3.63) is 125 Å². The summed E-state index contributed by atoms with van der Waals surface area (Å²) in [4.78, 5) is 4.73. The third-order valence-corrected chi connectivity index (χ3v) is 8.15. The quantitative estimate of drug-likeness (QED) is 0.231. The van der Waals surface area contributed by atoms with Gasteiger partial charge in [0, 0.05) is 23.3 Å². The zero-order valence-corrected chi connectivity index (χ0v) is 23.0. The van der Waals surface area contributed by atoms with E-state index < -0.39 is 10.0 Å². The van der Waals surface area contributed by atoms with Crippen molar-refractivity contribution in [3.63, 3.8) is 0 Å². The van der Waals surface area contributed by atoms with E-state index in [1.807, 2.05) is 73.7 Å². The van der Waals surface area contributed by atoms with Crippen LogP contribution in [0.4, 0.5) is 5.69 Å². The molecule has 1 aromatic heterocycles. The molecule has 0 bridgehead atoms. The SMILES string of the molecule is COc1cc2nccc(Cc3ccc(NS(=O)(=O)c4cccc(Cc5ccccc5)c4)cc3C)c2cc1OC. The zero-order valence-electron chi connectivity index (χ0n) is 22.1. The van der Waals surface area contributed by atoms with E-state index in [1.165, 1.54) is 0 Å². The number of aromatic nitrogens is 1. The molecule has 39 heavy (non-hydrogen) atoms. The molecule has 0 aliphatic carbocycles. The molecule has 0 radical (unpaired) electrons. The van der Waals surface area contributed by atoms with Crippen molar-refractivity contribution >= 4 is 26.6 Å². The Bertz CT molecular complexity index is 1730. The first-order valence-electron chi connectivity index (χ1n) is 12.6. The van der Waals surface area contributed by atoms with E-state index in [0.29, 0.717) is 30.0 Å².